The zero-order valence-electron chi connectivity index (χ0n) is 19.9. The number of amides is 2. The summed E-state index contributed by atoms with van der Waals surface area (Å²) >= 11 is 0. The number of nitrogens with zero attached hydrogens (tertiary/aromatic N) is 2. The number of aliphatic hydroxyl groups is 1. The summed E-state index contributed by atoms with van der Waals surface area (Å²) in [6, 6.07) is -1.57. The normalized spacial score (nSPS) is 36.5. The van der Waals surface area contributed by atoms with E-state index in [0.29, 0.717) is 19.5 Å². The molecule has 3 saturated heterocycles. The second-order valence-electron chi connectivity index (χ2n) is 10.2. The average molecular weight is 451 g/mol. The van der Waals surface area contributed by atoms with E-state index in [-0.39, 0.29) is 24.3 Å². The van der Waals surface area contributed by atoms with Crippen molar-refractivity contribution in [3.63, 3.8) is 0 Å². The number of hydrogen-bond donors (Lipinski definition) is 2. The maximum Gasteiger partial charge on any atom is 0.310 e. The maximum absolute atomic E-state index is 14.0. The Balaban J connectivity index is 2.16. The van der Waals surface area contributed by atoms with Crippen LogP contribution in [-0.2, 0) is 19.1 Å². The summed E-state index contributed by atoms with van der Waals surface area (Å²) in [5.41, 5.74) is -2.23. The number of likely N-dealkylation sites (tertiary alicyclic amines) is 1. The van der Waals surface area contributed by atoms with E-state index in [9.17, 15) is 24.6 Å². The van der Waals surface area contributed by atoms with Crippen molar-refractivity contribution < 1.29 is 29.3 Å². The molecule has 3 aliphatic heterocycles. The number of hydrogen-bond acceptors (Lipinski definition) is 5. The van der Waals surface area contributed by atoms with Gasteiger partial charge in [-0.3, -0.25) is 14.4 Å². The van der Waals surface area contributed by atoms with E-state index < -0.39 is 47.0 Å². The van der Waals surface area contributed by atoms with Crippen LogP contribution in [0.2, 0.25) is 0 Å². The SMILES string of the molecule is C=CCN(CCCC)C(=O)C1N([C@@H](CO)C(C)C)C(=O)[C@@H]2[C@H](C(=O)O)[C@@]3(C)OC12CC3C. The van der Waals surface area contributed by atoms with Crippen LogP contribution in [0.3, 0.4) is 0 Å². The highest BCUT2D eigenvalue weighted by Crippen LogP contribution is 2.65. The van der Waals surface area contributed by atoms with Gasteiger partial charge in [0.05, 0.1) is 24.2 Å². The monoisotopic (exact) mass is 450 g/mol. The molecule has 0 aliphatic carbocycles. The summed E-state index contributed by atoms with van der Waals surface area (Å²) in [4.78, 5) is 43.4. The van der Waals surface area contributed by atoms with E-state index in [1.807, 2.05) is 27.7 Å². The third kappa shape index (κ3) is 3.37. The second kappa shape index (κ2) is 8.78. The number of aliphatic hydroxyl groups excluding tert-OH is 1. The van der Waals surface area contributed by atoms with Crippen LogP contribution in [0.15, 0.2) is 12.7 Å². The van der Waals surface area contributed by atoms with Gasteiger partial charge in [-0.15, -0.1) is 6.58 Å². The van der Waals surface area contributed by atoms with Gasteiger partial charge in [-0.1, -0.05) is 40.2 Å². The minimum atomic E-state index is -1.21. The predicted molar refractivity (Wildman–Crippen MR) is 119 cm³/mol. The lowest BCUT2D eigenvalue weighted by molar-refractivity contribution is -0.160. The number of fused-ring (bicyclic) bond motifs is 1. The summed E-state index contributed by atoms with van der Waals surface area (Å²) in [7, 11) is 0. The van der Waals surface area contributed by atoms with Crippen LogP contribution < -0.4 is 0 Å². The summed E-state index contributed by atoms with van der Waals surface area (Å²) < 4.78 is 6.50. The molecule has 0 aromatic carbocycles. The molecule has 2 bridgehead atoms. The van der Waals surface area contributed by atoms with Gasteiger partial charge in [0.25, 0.3) is 0 Å². The Hall–Kier alpha value is -1.93. The first-order valence-corrected chi connectivity index (χ1v) is 11.8. The van der Waals surface area contributed by atoms with E-state index in [0.717, 1.165) is 12.8 Å². The number of unbranched alkanes of at least 4 members (excludes halogenated alkanes) is 1. The molecule has 3 unspecified atom stereocenters. The molecule has 8 heteroatoms. The lowest BCUT2D eigenvalue weighted by atomic mass is 9.62. The van der Waals surface area contributed by atoms with Crippen molar-refractivity contribution in [1.29, 1.82) is 0 Å². The van der Waals surface area contributed by atoms with Crippen molar-refractivity contribution in [2.75, 3.05) is 19.7 Å². The molecule has 2 amide bonds. The van der Waals surface area contributed by atoms with Gasteiger partial charge in [-0.2, -0.15) is 0 Å². The molecule has 7 atom stereocenters. The Labute approximate surface area is 190 Å². The van der Waals surface area contributed by atoms with Crippen LogP contribution in [0.4, 0.5) is 0 Å². The zero-order chi connectivity index (χ0) is 24.0. The van der Waals surface area contributed by atoms with Crippen LogP contribution in [0.5, 0.6) is 0 Å². The molecule has 32 heavy (non-hydrogen) atoms. The van der Waals surface area contributed by atoms with Gasteiger partial charge in [-0.25, -0.2) is 0 Å². The fourth-order valence-electron chi connectivity index (χ4n) is 6.28. The van der Waals surface area contributed by atoms with E-state index in [4.69, 9.17) is 4.74 Å². The Morgan fingerprint density at radius 3 is 2.56 bits per heavy atom. The van der Waals surface area contributed by atoms with Crippen molar-refractivity contribution in [3.8, 4) is 0 Å². The molecule has 3 heterocycles. The molecular formula is C24H38N2O6. The molecule has 0 radical (unpaired) electrons. The number of rotatable bonds is 10. The van der Waals surface area contributed by atoms with Gasteiger partial charge in [0.2, 0.25) is 11.8 Å². The molecule has 3 aliphatic rings. The summed E-state index contributed by atoms with van der Waals surface area (Å²) in [5.74, 6) is -3.95. The molecular weight excluding hydrogens is 412 g/mol. The first-order chi connectivity index (χ1) is 15.0. The number of carbonyl (C=O) groups is 3. The van der Waals surface area contributed by atoms with Gasteiger partial charge < -0.3 is 24.7 Å². The van der Waals surface area contributed by atoms with Gasteiger partial charge in [0.15, 0.2) is 0 Å². The molecule has 0 aromatic rings. The molecule has 1 spiro atoms. The minimum absolute atomic E-state index is 0.119. The summed E-state index contributed by atoms with van der Waals surface area (Å²) in [6.07, 6.45) is 3.80. The van der Waals surface area contributed by atoms with Crippen molar-refractivity contribution in [3.05, 3.63) is 12.7 Å². The first-order valence-electron chi connectivity index (χ1n) is 11.8. The Morgan fingerprint density at radius 1 is 1.41 bits per heavy atom. The number of carboxylic acid groups (broad SMARTS) is 1. The number of aliphatic carboxylic acids is 1. The highest BCUT2D eigenvalue weighted by atomic mass is 16.5. The highest BCUT2D eigenvalue weighted by Gasteiger charge is 2.80. The van der Waals surface area contributed by atoms with Crippen LogP contribution >= 0.6 is 0 Å². The largest absolute Gasteiger partial charge is 0.481 e. The van der Waals surface area contributed by atoms with Gasteiger partial charge >= 0.3 is 5.97 Å². The smallest absolute Gasteiger partial charge is 0.310 e. The fraction of sp³-hybridized carbons (Fsp3) is 0.792. The molecule has 0 saturated carbocycles. The third-order valence-corrected chi connectivity index (χ3v) is 8.01. The fourth-order valence-corrected chi connectivity index (χ4v) is 6.28. The number of ether oxygens (including phenoxy) is 1. The van der Waals surface area contributed by atoms with Crippen LogP contribution in [0.1, 0.15) is 53.9 Å². The molecule has 2 N–H and O–H groups in total. The number of carbonyl (C=O) groups excluding carboxylic acids is 2. The molecule has 8 nitrogen and oxygen atoms in total. The second-order valence-corrected chi connectivity index (χ2v) is 10.2. The van der Waals surface area contributed by atoms with Gasteiger partial charge in [-0.05, 0) is 31.6 Å². The maximum atomic E-state index is 14.0. The summed E-state index contributed by atoms with van der Waals surface area (Å²) in [5, 5.41) is 20.3. The molecule has 3 fully saturated rings. The first kappa shape index (κ1) is 24.7. The van der Waals surface area contributed by atoms with Crippen molar-refractivity contribution in [2.24, 2.45) is 23.7 Å². The van der Waals surface area contributed by atoms with Gasteiger partial charge in [0, 0.05) is 13.1 Å². The topological polar surface area (TPSA) is 107 Å². The van der Waals surface area contributed by atoms with Crippen LogP contribution in [-0.4, -0.2) is 80.8 Å². The Bertz CT molecular complexity index is 784. The van der Waals surface area contributed by atoms with Crippen LogP contribution in [0.25, 0.3) is 0 Å². The molecule has 0 aromatic heterocycles. The van der Waals surface area contributed by atoms with E-state index in [2.05, 4.69) is 6.58 Å². The minimum Gasteiger partial charge on any atom is -0.481 e. The Kier molecular flexibility index (Phi) is 6.78. The summed E-state index contributed by atoms with van der Waals surface area (Å²) in [6.45, 7) is 13.8. The standard InChI is InChI=1S/C24H38N2O6/c1-7-9-11-25(10-8-2)21(29)19-24-12-15(5)23(6,32-24)18(22(30)31)17(24)20(28)26(19)16(13-27)14(3)4/h8,14-19,27H,2,7,9-13H2,1,3-6H3,(H,30,31)/t15?,16-,17-,18+,19?,23-,24?/m0/s1. The van der Waals surface area contributed by atoms with E-state index in [1.165, 1.54) is 4.90 Å². The van der Waals surface area contributed by atoms with Crippen molar-refractivity contribution in [1.82, 2.24) is 9.80 Å². The Morgan fingerprint density at radius 2 is 2.06 bits per heavy atom. The third-order valence-electron chi connectivity index (χ3n) is 8.01. The lowest BCUT2D eigenvalue weighted by Gasteiger charge is -2.40. The highest BCUT2D eigenvalue weighted by molar-refractivity contribution is 5.98. The van der Waals surface area contributed by atoms with Crippen molar-refractivity contribution in [2.45, 2.75) is 77.2 Å². The molecule has 180 valence electrons. The average Bonchev–Trinajstić information content (AvgIpc) is 3.22. The van der Waals surface area contributed by atoms with E-state index >= 15 is 0 Å². The predicted octanol–water partition coefficient (Wildman–Crippen LogP) is 1.91. The quantitative estimate of drug-likeness (QED) is 0.493. The zero-order valence-corrected chi connectivity index (χ0v) is 19.9. The molecule has 3 rings (SSSR count). The number of carboxylic acids is 1. The van der Waals surface area contributed by atoms with Crippen LogP contribution in [0, 0.1) is 23.7 Å². The van der Waals surface area contributed by atoms with Gasteiger partial charge in [0.1, 0.15) is 17.6 Å². The lowest BCUT2D eigenvalue weighted by Crippen LogP contribution is -2.59. The van der Waals surface area contributed by atoms with E-state index in [1.54, 1.807) is 17.9 Å². The van der Waals surface area contributed by atoms with Crippen molar-refractivity contribution >= 4 is 17.8 Å².